The minimum atomic E-state index is -3.89. The number of sulfonamides is 1. The zero-order chi connectivity index (χ0) is 22.3. The molecule has 0 saturated carbocycles. The topological polar surface area (TPSA) is 69.7 Å². The molecule has 0 spiro atoms. The summed E-state index contributed by atoms with van der Waals surface area (Å²) >= 11 is 2.16. The molecule has 0 atom stereocenters. The third kappa shape index (κ3) is 6.20. The van der Waals surface area contributed by atoms with E-state index in [1.807, 2.05) is 54.4 Å². The molecule has 0 aliphatic carbocycles. The number of carbonyl (C=O) groups is 1. The number of likely N-dealkylation sites (N-methyl/N-ethyl adjacent to an activating group) is 1. The van der Waals surface area contributed by atoms with Crippen LogP contribution in [0.1, 0.15) is 0 Å². The summed E-state index contributed by atoms with van der Waals surface area (Å²) in [7, 11) is -1.94. The first-order valence-electron chi connectivity index (χ1n) is 9.74. The number of nitrogens with one attached hydrogen (secondary N) is 1. The molecule has 0 radical (unpaired) electrons. The van der Waals surface area contributed by atoms with Gasteiger partial charge in [0.1, 0.15) is 6.54 Å². The SMILES string of the molecule is CN(CCNC(=O)CN(c1ccc(I)cc1)S(=O)(=O)c1ccccc1)c1ccccc1. The largest absolute Gasteiger partial charge is 0.373 e. The predicted molar refractivity (Wildman–Crippen MR) is 133 cm³/mol. The zero-order valence-corrected chi connectivity index (χ0v) is 20.1. The first-order chi connectivity index (χ1) is 14.9. The Labute approximate surface area is 197 Å². The van der Waals surface area contributed by atoms with Gasteiger partial charge in [-0.05, 0) is 71.1 Å². The van der Waals surface area contributed by atoms with Crippen LogP contribution in [0.4, 0.5) is 11.4 Å². The quantitative estimate of drug-likeness (QED) is 0.413. The molecule has 0 heterocycles. The van der Waals surface area contributed by atoms with Crippen molar-refractivity contribution in [1.82, 2.24) is 5.32 Å². The van der Waals surface area contributed by atoms with Crippen LogP contribution in [-0.4, -0.2) is 41.0 Å². The highest BCUT2D eigenvalue weighted by Gasteiger charge is 2.27. The van der Waals surface area contributed by atoms with Gasteiger partial charge in [-0.15, -0.1) is 0 Å². The Bertz CT molecular complexity index is 1090. The second kappa shape index (κ2) is 10.6. The van der Waals surface area contributed by atoms with E-state index in [0.717, 1.165) is 13.6 Å². The lowest BCUT2D eigenvalue weighted by molar-refractivity contribution is -0.119. The van der Waals surface area contributed by atoms with Gasteiger partial charge in [0.2, 0.25) is 5.91 Å². The van der Waals surface area contributed by atoms with Crippen molar-refractivity contribution < 1.29 is 13.2 Å². The van der Waals surface area contributed by atoms with E-state index in [4.69, 9.17) is 0 Å². The maximum atomic E-state index is 13.3. The van der Waals surface area contributed by atoms with E-state index >= 15 is 0 Å². The number of hydrogen-bond donors (Lipinski definition) is 1. The van der Waals surface area contributed by atoms with Crippen LogP contribution < -0.4 is 14.5 Å². The number of hydrogen-bond acceptors (Lipinski definition) is 4. The summed E-state index contributed by atoms with van der Waals surface area (Å²) in [6.07, 6.45) is 0. The van der Waals surface area contributed by atoms with E-state index in [9.17, 15) is 13.2 Å². The zero-order valence-electron chi connectivity index (χ0n) is 17.1. The Hall–Kier alpha value is -2.59. The van der Waals surface area contributed by atoms with Crippen molar-refractivity contribution in [2.45, 2.75) is 4.90 Å². The van der Waals surface area contributed by atoms with Crippen molar-refractivity contribution >= 4 is 49.9 Å². The molecule has 3 aromatic rings. The molecular weight excluding hydrogens is 525 g/mol. The van der Waals surface area contributed by atoms with Gasteiger partial charge in [0.15, 0.2) is 0 Å². The molecule has 3 aromatic carbocycles. The van der Waals surface area contributed by atoms with Crippen LogP contribution in [0.5, 0.6) is 0 Å². The van der Waals surface area contributed by atoms with E-state index in [1.165, 1.54) is 12.1 Å². The first-order valence-corrected chi connectivity index (χ1v) is 12.3. The Morgan fingerprint density at radius 2 is 1.45 bits per heavy atom. The molecule has 8 heteroatoms. The predicted octanol–water partition coefficient (Wildman–Crippen LogP) is 3.74. The van der Waals surface area contributed by atoms with Gasteiger partial charge in [-0.2, -0.15) is 0 Å². The molecule has 0 aliphatic heterocycles. The van der Waals surface area contributed by atoms with Gasteiger partial charge >= 0.3 is 0 Å². The molecule has 162 valence electrons. The van der Waals surface area contributed by atoms with Crippen LogP contribution in [0.25, 0.3) is 0 Å². The maximum absolute atomic E-state index is 13.3. The average molecular weight is 549 g/mol. The number of nitrogens with zero attached hydrogens (tertiary/aromatic N) is 2. The van der Waals surface area contributed by atoms with Crippen molar-refractivity contribution in [2.75, 3.05) is 35.9 Å². The highest BCUT2D eigenvalue weighted by molar-refractivity contribution is 14.1. The number of rotatable bonds is 9. The Balaban J connectivity index is 1.71. The van der Waals surface area contributed by atoms with E-state index < -0.39 is 10.0 Å². The molecule has 31 heavy (non-hydrogen) atoms. The summed E-state index contributed by atoms with van der Waals surface area (Å²) in [5, 5.41) is 2.83. The summed E-state index contributed by atoms with van der Waals surface area (Å²) in [4.78, 5) is 14.8. The molecule has 1 N–H and O–H groups in total. The van der Waals surface area contributed by atoms with Crippen LogP contribution >= 0.6 is 22.6 Å². The van der Waals surface area contributed by atoms with E-state index in [-0.39, 0.29) is 17.3 Å². The fourth-order valence-electron chi connectivity index (χ4n) is 3.00. The van der Waals surface area contributed by atoms with Crippen LogP contribution in [0.2, 0.25) is 0 Å². The van der Waals surface area contributed by atoms with Crippen molar-refractivity contribution in [2.24, 2.45) is 0 Å². The van der Waals surface area contributed by atoms with Gasteiger partial charge in [0, 0.05) is 29.4 Å². The molecule has 0 unspecified atom stereocenters. The Kier molecular flexibility index (Phi) is 7.91. The van der Waals surface area contributed by atoms with E-state index in [2.05, 4.69) is 27.9 Å². The summed E-state index contributed by atoms with van der Waals surface area (Å²) in [5.74, 6) is -0.362. The van der Waals surface area contributed by atoms with E-state index in [1.54, 1.807) is 30.3 Å². The normalized spacial score (nSPS) is 11.0. The molecule has 3 rings (SSSR count). The standard InChI is InChI=1S/C23H24IN3O3S/c1-26(20-8-4-2-5-9-20)17-16-25-23(28)18-27(21-14-12-19(24)13-15-21)31(29,30)22-10-6-3-7-11-22/h2-15H,16-18H2,1H3,(H,25,28). The highest BCUT2D eigenvalue weighted by Crippen LogP contribution is 2.24. The number of benzene rings is 3. The minimum absolute atomic E-state index is 0.144. The first kappa shape index (κ1) is 23.1. The van der Waals surface area contributed by atoms with Crippen molar-refractivity contribution in [3.63, 3.8) is 0 Å². The number of carbonyl (C=O) groups excluding carboxylic acids is 1. The molecule has 0 saturated heterocycles. The summed E-state index contributed by atoms with van der Waals surface area (Å²) in [6.45, 7) is 0.702. The van der Waals surface area contributed by atoms with Gasteiger partial charge in [-0.25, -0.2) is 8.42 Å². The van der Waals surface area contributed by atoms with Crippen LogP contribution in [0, 0.1) is 3.57 Å². The summed E-state index contributed by atoms with van der Waals surface area (Å²) in [5.41, 5.74) is 1.49. The van der Waals surface area contributed by atoms with Gasteiger partial charge in [0.05, 0.1) is 10.6 Å². The van der Waals surface area contributed by atoms with Gasteiger partial charge in [-0.1, -0.05) is 36.4 Å². The van der Waals surface area contributed by atoms with Gasteiger partial charge in [0.25, 0.3) is 10.0 Å². The van der Waals surface area contributed by atoms with Crippen LogP contribution in [-0.2, 0) is 14.8 Å². The maximum Gasteiger partial charge on any atom is 0.264 e. The molecular formula is C23H24IN3O3S. The van der Waals surface area contributed by atoms with Gasteiger partial charge < -0.3 is 10.2 Å². The van der Waals surface area contributed by atoms with Crippen LogP contribution in [0.15, 0.2) is 89.8 Å². The minimum Gasteiger partial charge on any atom is -0.373 e. The average Bonchev–Trinajstić information content (AvgIpc) is 2.79. The molecule has 0 fully saturated rings. The Morgan fingerprint density at radius 3 is 2.06 bits per heavy atom. The molecule has 0 aromatic heterocycles. The summed E-state index contributed by atoms with van der Waals surface area (Å²) < 4.78 is 28.6. The monoisotopic (exact) mass is 549 g/mol. The molecule has 1 amide bonds. The summed E-state index contributed by atoms with van der Waals surface area (Å²) in [6, 6.07) is 25.0. The van der Waals surface area contributed by atoms with Crippen molar-refractivity contribution in [3.8, 4) is 0 Å². The number of para-hydroxylation sites is 1. The fourth-order valence-corrected chi connectivity index (χ4v) is 4.80. The molecule has 0 bridgehead atoms. The lowest BCUT2D eigenvalue weighted by atomic mass is 10.3. The number of amides is 1. The van der Waals surface area contributed by atoms with E-state index in [0.29, 0.717) is 18.8 Å². The van der Waals surface area contributed by atoms with Crippen LogP contribution in [0.3, 0.4) is 0 Å². The van der Waals surface area contributed by atoms with Gasteiger partial charge in [-0.3, -0.25) is 9.10 Å². The second-order valence-electron chi connectivity index (χ2n) is 6.91. The van der Waals surface area contributed by atoms with Crippen molar-refractivity contribution in [3.05, 3.63) is 88.5 Å². The molecule has 6 nitrogen and oxygen atoms in total. The number of anilines is 2. The Morgan fingerprint density at radius 1 is 0.871 bits per heavy atom. The fraction of sp³-hybridized carbons (Fsp3) is 0.174. The lowest BCUT2D eigenvalue weighted by Crippen LogP contribution is -2.42. The van der Waals surface area contributed by atoms with Crippen molar-refractivity contribution in [1.29, 1.82) is 0 Å². The smallest absolute Gasteiger partial charge is 0.264 e. The third-order valence-electron chi connectivity index (χ3n) is 4.70. The highest BCUT2D eigenvalue weighted by atomic mass is 127. The second-order valence-corrected chi connectivity index (χ2v) is 10.0. The lowest BCUT2D eigenvalue weighted by Gasteiger charge is -2.25. The molecule has 0 aliphatic rings. The number of halogens is 1. The third-order valence-corrected chi connectivity index (χ3v) is 7.21.